The van der Waals surface area contributed by atoms with Crippen LogP contribution >= 0.6 is 11.6 Å². The zero-order valence-electron chi connectivity index (χ0n) is 11.0. The van der Waals surface area contributed by atoms with Crippen LogP contribution in [0.1, 0.15) is 5.56 Å². The number of nitrogens with one attached hydrogen (secondary N) is 1. The molecule has 0 spiro atoms. The lowest BCUT2D eigenvalue weighted by atomic mass is 10.2. The molecule has 0 aliphatic rings. The summed E-state index contributed by atoms with van der Waals surface area (Å²) in [7, 11) is -3.68. The number of nitrogens with two attached hydrogens (primary N) is 1. The van der Waals surface area contributed by atoms with E-state index in [-0.39, 0.29) is 11.4 Å². The molecule has 0 aliphatic carbocycles. The largest absolute Gasteiger partial charge is 0.320 e. The van der Waals surface area contributed by atoms with Gasteiger partial charge in [0.25, 0.3) is 10.0 Å². The lowest BCUT2D eigenvalue weighted by molar-refractivity contribution is 0.601. The molecule has 108 valence electrons. The van der Waals surface area contributed by atoms with Crippen LogP contribution in [0.15, 0.2) is 53.4 Å². The lowest BCUT2D eigenvalue weighted by Gasteiger charge is -2.09. The van der Waals surface area contributed by atoms with Crippen LogP contribution in [0.3, 0.4) is 0 Å². The lowest BCUT2D eigenvalue weighted by Crippen LogP contribution is -2.13. The fourth-order valence-electron chi connectivity index (χ4n) is 1.62. The van der Waals surface area contributed by atoms with Crippen LogP contribution in [-0.2, 0) is 10.0 Å². The van der Waals surface area contributed by atoms with Gasteiger partial charge in [0.15, 0.2) is 0 Å². The van der Waals surface area contributed by atoms with E-state index >= 15 is 0 Å². The minimum atomic E-state index is -3.68. The predicted octanol–water partition coefficient (Wildman–Crippen LogP) is 2.45. The molecule has 6 heteroatoms. The van der Waals surface area contributed by atoms with E-state index in [0.29, 0.717) is 16.3 Å². The highest BCUT2D eigenvalue weighted by atomic mass is 35.5. The van der Waals surface area contributed by atoms with E-state index in [1.807, 2.05) is 0 Å². The molecule has 0 aromatic heterocycles. The maximum atomic E-state index is 12.3. The molecule has 0 heterocycles. The average Bonchev–Trinajstić information content (AvgIpc) is 2.48. The zero-order chi connectivity index (χ0) is 15.3. The van der Waals surface area contributed by atoms with E-state index < -0.39 is 10.0 Å². The summed E-state index contributed by atoms with van der Waals surface area (Å²) < 4.78 is 27.0. The third kappa shape index (κ3) is 3.99. The van der Waals surface area contributed by atoms with Crippen molar-refractivity contribution >= 4 is 27.3 Å². The van der Waals surface area contributed by atoms with Gasteiger partial charge in [0, 0.05) is 5.56 Å². The predicted molar refractivity (Wildman–Crippen MR) is 84.6 cm³/mol. The van der Waals surface area contributed by atoms with Crippen molar-refractivity contribution in [1.29, 1.82) is 0 Å². The molecule has 0 aliphatic heterocycles. The molecule has 2 aromatic carbocycles. The number of sulfonamides is 1. The molecule has 4 nitrogen and oxygen atoms in total. The Morgan fingerprint density at radius 1 is 1.10 bits per heavy atom. The second kappa shape index (κ2) is 6.64. The van der Waals surface area contributed by atoms with Crippen molar-refractivity contribution in [3.8, 4) is 11.8 Å². The molecule has 0 bridgehead atoms. The minimum absolute atomic E-state index is 0.140. The van der Waals surface area contributed by atoms with Crippen LogP contribution < -0.4 is 10.5 Å². The summed E-state index contributed by atoms with van der Waals surface area (Å²) in [6.07, 6.45) is 0. The van der Waals surface area contributed by atoms with Crippen molar-refractivity contribution in [3.05, 3.63) is 59.1 Å². The van der Waals surface area contributed by atoms with Crippen LogP contribution in [-0.4, -0.2) is 15.0 Å². The summed E-state index contributed by atoms with van der Waals surface area (Å²) in [4.78, 5) is 0.140. The first-order chi connectivity index (χ1) is 10.0. The molecular weight excluding hydrogens is 308 g/mol. The summed E-state index contributed by atoms with van der Waals surface area (Å²) in [6, 6.07) is 12.9. The zero-order valence-corrected chi connectivity index (χ0v) is 12.6. The maximum absolute atomic E-state index is 12.3. The Kier molecular flexibility index (Phi) is 4.86. The van der Waals surface area contributed by atoms with E-state index in [2.05, 4.69) is 16.6 Å². The van der Waals surface area contributed by atoms with Crippen LogP contribution in [0.5, 0.6) is 0 Å². The second-order valence-corrected chi connectivity index (χ2v) is 6.21. The van der Waals surface area contributed by atoms with Crippen LogP contribution in [0, 0.1) is 11.8 Å². The van der Waals surface area contributed by atoms with Gasteiger partial charge in [0.1, 0.15) is 0 Å². The van der Waals surface area contributed by atoms with Gasteiger partial charge in [0.2, 0.25) is 0 Å². The number of halogens is 1. The van der Waals surface area contributed by atoms with Crippen LogP contribution in [0.25, 0.3) is 0 Å². The fourth-order valence-corrected chi connectivity index (χ4v) is 2.94. The molecule has 0 saturated heterocycles. The average molecular weight is 321 g/mol. The van der Waals surface area contributed by atoms with Gasteiger partial charge in [-0.25, -0.2) is 8.42 Å². The van der Waals surface area contributed by atoms with Gasteiger partial charge >= 0.3 is 0 Å². The summed E-state index contributed by atoms with van der Waals surface area (Å²) >= 11 is 5.94. The summed E-state index contributed by atoms with van der Waals surface area (Å²) in [6.45, 7) is 0.258. The van der Waals surface area contributed by atoms with Gasteiger partial charge in [-0.15, -0.1) is 0 Å². The Balaban J connectivity index is 2.26. The smallest absolute Gasteiger partial charge is 0.261 e. The van der Waals surface area contributed by atoms with Crippen molar-refractivity contribution in [2.45, 2.75) is 4.90 Å². The Morgan fingerprint density at radius 2 is 1.76 bits per heavy atom. The van der Waals surface area contributed by atoms with Crippen molar-refractivity contribution < 1.29 is 8.42 Å². The van der Waals surface area contributed by atoms with Gasteiger partial charge < -0.3 is 5.73 Å². The van der Waals surface area contributed by atoms with E-state index in [1.165, 1.54) is 12.1 Å². The Bertz CT molecular complexity index is 790. The van der Waals surface area contributed by atoms with Crippen LogP contribution in [0.4, 0.5) is 5.69 Å². The first kappa shape index (κ1) is 15.4. The molecule has 0 atom stereocenters. The Labute approximate surface area is 129 Å². The monoisotopic (exact) mass is 320 g/mol. The molecular formula is C15H13ClN2O2S. The Morgan fingerprint density at radius 3 is 2.38 bits per heavy atom. The maximum Gasteiger partial charge on any atom is 0.261 e. The number of rotatable bonds is 3. The van der Waals surface area contributed by atoms with Gasteiger partial charge in [-0.2, -0.15) is 0 Å². The highest BCUT2D eigenvalue weighted by Crippen LogP contribution is 2.23. The molecule has 0 radical (unpaired) electrons. The van der Waals surface area contributed by atoms with Crippen molar-refractivity contribution in [3.63, 3.8) is 0 Å². The van der Waals surface area contributed by atoms with E-state index in [1.54, 1.807) is 36.4 Å². The highest BCUT2D eigenvalue weighted by Gasteiger charge is 2.15. The fraction of sp³-hybridized carbons (Fsp3) is 0.0667. The quantitative estimate of drug-likeness (QED) is 0.853. The van der Waals surface area contributed by atoms with E-state index in [0.717, 1.165) is 0 Å². The first-order valence-corrected chi connectivity index (χ1v) is 7.95. The number of benzene rings is 2. The van der Waals surface area contributed by atoms with E-state index in [9.17, 15) is 8.42 Å². The molecule has 0 unspecified atom stereocenters. The molecule has 2 aromatic rings. The molecule has 21 heavy (non-hydrogen) atoms. The normalized spacial score (nSPS) is 10.6. The molecule has 3 N–H and O–H groups in total. The third-order valence-corrected chi connectivity index (χ3v) is 4.33. The summed E-state index contributed by atoms with van der Waals surface area (Å²) in [5.41, 5.74) is 6.33. The van der Waals surface area contributed by atoms with Gasteiger partial charge in [-0.1, -0.05) is 35.6 Å². The number of para-hydroxylation sites is 1. The SMILES string of the molecule is NCC#Cc1ccc(S(=O)(=O)Nc2ccccc2Cl)cc1. The molecule has 2 rings (SSSR count). The van der Waals surface area contributed by atoms with Gasteiger partial charge in [-0.05, 0) is 36.4 Å². The van der Waals surface area contributed by atoms with Gasteiger partial charge in [0.05, 0.1) is 22.2 Å². The molecule has 0 saturated carbocycles. The van der Waals surface area contributed by atoms with Crippen molar-refractivity contribution in [1.82, 2.24) is 0 Å². The molecule has 0 amide bonds. The third-order valence-electron chi connectivity index (χ3n) is 2.62. The second-order valence-electron chi connectivity index (χ2n) is 4.12. The van der Waals surface area contributed by atoms with Crippen molar-refractivity contribution in [2.24, 2.45) is 5.73 Å². The number of hydrogen-bond acceptors (Lipinski definition) is 3. The number of anilines is 1. The first-order valence-electron chi connectivity index (χ1n) is 6.09. The van der Waals surface area contributed by atoms with Crippen molar-refractivity contribution in [2.75, 3.05) is 11.3 Å². The number of hydrogen-bond donors (Lipinski definition) is 2. The summed E-state index contributed by atoms with van der Waals surface area (Å²) in [5.74, 6) is 5.54. The topological polar surface area (TPSA) is 72.2 Å². The molecule has 0 fully saturated rings. The highest BCUT2D eigenvalue weighted by molar-refractivity contribution is 7.92. The summed E-state index contributed by atoms with van der Waals surface area (Å²) in [5, 5.41) is 0.339. The standard InChI is InChI=1S/C15H13ClN2O2S/c16-14-5-1-2-6-15(14)18-21(19,20)13-9-7-12(8-10-13)4-3-11-17/h1-2,5-10,18H,11,17H2. The van der Waals surface area contributed by atoms with Crippen LogP contribution in [0.2, 0.25) is 5.02 Å². The van der Waals surface area contributed by atoms with E-state index in [4.69, 9.17) is 17.3 Å². The van der Waals surface area contributed by atoms with Gasteiger partial charge in [-0.3, -0.25) is 4.72 Å². The Hall–Kier alpha value is -2.00. The minimum Gasteiger partial charge on any atom is -0.320 e.